The number of nitrogens with zero attached hydrogens (tertiary/aromatic N) is 2. The van der Waals surface area contributed by atoms with Crippen molar-refractivity contribution in [3.63, 3.8) is 0 Å². The molecule has 0 saturated heterocycles. The first-order chi connectivity index (χ1) is 21.0. The number of halogens is 3. The zero-order valence-electron chi connectivity index (χ0n) is 24.6. The van der Waals surface area contributed by atoms with Crippen LogP contribution in [0.4, 0.5) is 10.1 Å². The molecule has 0 spiro atoms. The summed E-state index contributed by atoms with van der Waals surface area (Å²) in [6, 6.07) is 12.6. The lowest BCUT2D eigenvalue weighted by atomic mass is 10.1. The Morgan fingerprint density at radius 1 is 0.955 bits per heavy atom. The van der Waals surface area contributed by atoms with Gasteiger partial charge in [-0.2, -0.15) is 0 Å². The van der Waals surface area contributed by atoms with Crippen molar-refractivity contribution in [3.05, 3.63) is 82.1 Å². The van der Waals surface area contributed by atoms with Crippen LogP contribution in [0, 0.1) is 5.82 Å². The molecule has 44 heavy (non-hydrogen) atoms. The van der Waals surface area contributed by atoms with Crippen LogP contribution in [-0.2, 0) is 26.2 Å². The summed E-state index contributed by atoms with van der Waals surface area (Å²) >= 11 is 12.9. The van der Waals surface area contributed by atoms with Crippen molar-refractivity contribution in [2.75, 3.05) is 24.1 Å². The Hall–Kier alpha value is -3.54. The summed E-state index contributed by atoms with van der Waals surface area (Å²) in [7, 11) is -4.42. The quantitative estimate of drug-likeness (QED) is 0.261. The zero-order valence-corrected chi connectivity index (χ0v) is 26.9. The summed E-state index contributed by atoms with van der Waals surface area (Å²) in [5, 5.41) is 3.48. The van der Waals surface area contributed by atoms with Gasteiger partial charge < -0.3 is 19.7 Å². The average Bonchev–Trinajstić information content (AvgIpc) is 3.01. The molecule has 2 amide bonds. The maximum Gasteiger partial charge on any atom is 0.264 e. The van der Waals surface area contributed by atoms with E-state index >= 15 is 0 Å². The Morgan fingerprint density at radius 2 is 1.59 bits per heavy atom. The molecular formula is C31H34Cl2FN3O6S. The molecule has 0 aromatic heterocycles. The summed E-state index contributed by atoms with van der Waals surface area (Å²) in [6.45, 7) is 5.21. The third-order valence-electron chi connectivity index (χ3n) is 7.27. The smallest absolute Gasteiger partial charge is 0.264 e. The van der Waals surface area contributed by atoms with Crippen molar-refractivity contribution >= 4 is 50.7 Å². The van der Waals surface area contributed by atoms with Crippen molar-refractivity contribution in [2.24, 2.45) is 0 Å². The lowest BCUT2D eigenvalue weighted by Gasteiger charge is -2.34. The number of ether oxygens (including phenoxy) is 2. The van der Waals surface area contributed by atoms with Gasteiger partial charge in [-0.1, -0.05) is 43.1 Å². The Bertz CT molecular complexity index is 1590. The fraction of sp³-hybridized carbons (Fsp3) is 0.355. The highest BCUT2D eigenvalue weighted by molar-refractivity contribution is 7.92. The number of amides is 2. The van der Waals surface area contributed by atoms with Gasteiger partial charge in [0, 0.05) is 34.3 Å². The van der Waals surface area contributed by atoms with Crippen molar-refractivity contribution in [3.8, 4) is 11.5 Å². The molecule has 1 aliphatic rings. The van der Waals surface area contributed by atoms with Gasteiger partial charge in [0.1, 0.15) is 31.6 Å². The summed E-state index contributed by atoms with van der Waals surface area (Å²) in [5.74, 6) is -1.05. The summed E-state index contributed by atoms with van der Waals surface area (Å²) in [4.78, 5) is 28.8. The van der Waals surface area contributed by atoms with Crippen molar-refractivity contribution in [1.82, 2.24) is 10.2 Å². The highest BCUT2D eigenvalue weighted by Gasteiger charge is 2.35. The van der Waals surface area contributed by atoms with E-state index in [9.17, 15) is 22.4 Å². The van der Waals surface area contributed by atoms with Crippen LogP contribution in [0.15, 0.2) is 65.6 Å². The molecule has 0 fully saturated rings. The third-order valence-corrected chi connectivity index (χ3v) is 9.75. The van der Waals surface area contributed by atoms with Crippen LogP contribution in [0.2, 0.25) is 10.0 Å². The largest absolute Gasteiger partial charge is 0.486 e. The maximum absolute atomic E-state index is 14.2. The molecule has 1 aliphatic heterocycles. The second-order valence-electron chi connectivity index (χ2n) is 10.3. The zero-order chi connectivity index (χ0) is 32.0. The van der Waals surface area contributed by atoms with Gasteiger partial charge in [0.05, 0.1) is 10.6 Å². The lowest BCUT2D eigenvalue weighted by Crippen LogP contribution is -2.53. The molecule has 3 aromatic rings. The summed E-state index contributed by atoms with van der Waals surface area (Å²) < 4.78 is 54.1. The predicted molar refractivity (Wildman–Crippen MR) is 167 cm³/mol. The van der Waals surface area contributed by atoms with Crippen molar-refractivity contribution < 1.29 is 31.9 Å². The fourth-order valence-electron chi connectivity index (χ4n) is 4.66. The van der Waals surface area contributed by atoms with Gasteiger partial charge in [0.25, 0.3) is 10.0 Å². The number of sulfonamides is 1. The Labute approximate surface area is 266 Å². The molecule has 2 atom stereocenters. The number of anilines is 1. The van der Waals surface area contributed by atoms with E-state index in [0.29, 0.717) is 24.3 Å². The van der Waals surface area contributed by atoms with E-state index in [2.05, 4.69) is 5.32 Å². The molecule has 0 aliphatic carbocycles. The predicted octanol–water partition coefficient (Wildman–Crippen LogP) is 5.82. The first-order valence-electron chi connectivity index (χ1n) is 14.2. The van der Waals surface area contributed by atoms with E-state index in [1.165, 1.54) is 35.2 Å². The summed E-state index contributed by atoms with van der Waals surface area (Å²) in [6.07, 6.45) is 0.889. The minimum absolute atomic E-state index is 0.0440. The van der Waals surface area contributed by atoms with E-state index < -0.39 is 40.2 Å². The SMILES string of the molecule is CC[C@H](C)NC(=O)[C@H](CC)N(Cc1c(Cl)cccc1Cl)C(=O)CN(c1ccc(F)cc1)S(=O)(=O)c1ccc2c(c1)OCCO2. The number of carbonyl (C=O) groups is 2. The molecule has 0 saturated carbocycles. The number of carbonyl (C=O) groups excluding carboxylic acids is 2. The molecule has 0 bridgehead atoms. The summed E-state index contributed by atoms with van der Waals surface area (Å²) in [5.41, 5.74) is 0.449. The topological polar surface area (TPSA) is 105 Å². The highest BCUT2D eigenvalue weighted by atomic mass is 35.5. The number of nitrogens with one attached hydrogen (secondary N) is 1. The van der Waals surface area contributed by atoms with E-state index in [0.717, 1.165) is 16.4 Å². The van der Waals surface area contributed by atoms with Gasteiger partial charge in [-0.15, -0.1) is 0 Å². The van der Waals surface area contributed by atoms with Gasteiger partial charge >= 0.3 is 0 Å². The van der Waals surface area contributed by atoms with Crippen LogP contribution in [0.3, 0.4) is 0 Å². The number of fused-ring (bicyclic) bond motifs is 1. The number of hydrogen-bond acceptors (Lipinski definition) is 6. The number of benzene rings is 3. The number of hydrogen-bond donors (Lipinski definition) is 1. The normalized spacial score (nSPS) is 14.0. The van der Waals surface area contributed by atoms with Crippen molar-refractivity contribution in [2.45, 2.75) is 57.1 Å². The maximum atomic E-state index is 14.2. The van der Waals surface area contributed by atoms with Crippen LogP contribution < -0.4 is 19.1 Å². The molecular weight excluding hydrogens is 632 g/mol. The second-order valence-corrected chi connectivity index (χ2v) is 12.9. The van der Waals surface area contributed by atoms with E-state index in [4.69, 9.17) is 32.7 Å². The van der Waals surface area contributed by atoms with Crippen LogP contribution in [-0.4, -0.2) is 57.0 Å². The van der Waals surface area contributed by atoms with Gasteiger partial charge in [0.2, 0.25) is 11.8 Å². The molecule has 4 rings (SSSR count). The first kappa shape index (κ1) is 33.4. The molecule has 1 N–H and O–H groups in total. The fourth-order valence-corrected chi connectivity index (χ4v) is 6.61. The van der Waals surface area contributed by atoms with Crippen molar-refractivity contribution in [1.29, 1.82) is 0 Å². The Kier molecular flexibility index (Phi) is 11.0. The number of rotatable bonds is 12. The van der Waals surface area contributed by atoms with Crippen LogP contribution in [0.1, 0.15) is 39.2 Å². The van der Waals surface area contributed by atoms with Crippen LogP contribution >= 0.6 is 23.2 Å². The average molecular weight is 667 g/mol. The minimum atomic E-state index is -4.42. The molecule has 0 radical (unpaired) electrons. The molecule has 0 unspecified atom stereocenters. The van der Waals surface area contributed by atoms with Gasteiger partial charge in [-0.3, -0.25) is 13.9 Å². The minimum Gasteiger partial charge on any atom is -0.486 e. The van der Waals surface area contributed by atoms with Gasteiger partial charge in [0.15, 0.2) is 11.5 Å². The monoisotopic (exact) mass is 665 g/mol. The molecule has 13 heteroatoms. The highest BCUT2D eigenvalue weighted by Crippen LogP contribution is 2.35. The Morgan fingerprint density at radius 3 is 2.20 bits per heavy atom. The van der Waals surface area contributed by atoms with E-state index in [1.54, 1.807) is 25.1 Å². The molecule has 3 aromatic carbocycles. The standard InChI is InChI=1S/C31H34Cl2FN3O6S/c1-4-20(3)35-31(39)27(5-2)36(18-24-25(32)7-6-8-26(24)33)30(38)19-37(22-11-9-21(34)10-12-22)44(40,41)23-13-14-28-29(17-23)43-16-15-42-28/h6-14,17,20,27H,4-5,15-16,18-19H2,1-3H3,(H,35,39)/t20-,27-/m0/s1. The van der Waals surface area contributed by atoms with Crippen LogP contribution in [0.5, 0.6) is 11.5 Å². The second kappa shape index (κ2) is 14.5. The third kappa shape index (κ3) is 7.57. The molecule has 1 heterocycles. The Balaban J connectivity index is 1.77. The van der Waals surface area contributed by atoms with E-state index in [1.807, 2.05) is 13.8 Å². The lowest BCUT2D eigenvalue weighted by molar-refractivity contribution is -0.140. The van der Waals surface area contributed by atoms with Gasteiger partial charge in [-0.25, -0.2) is 12.8 Å². The first-order valence-corrected chi connectivity index (χ1v) is 16.4. The molecule has 236 valence electrons. The van der Waals surface area contributed by atoms with Gasteiger partial charge in [-0.05, 0) is 68.3 Å². The van der Waals surface area contributed by atoms with Crippen LogP contribution in [0.25, 0.3) is 0 Å². The van der Waals surface area contributed by atoms with E-state index in [-0.39, 0.29) is 52.0 Å². The molecule has 9 nitrogen and oxygen atoms in total.